The number of amides is 3. The van der Waals surface area contributed by atoms with E-state index in [1.165, 1.54) is 5.69 Å². The first kappa shape index (κ1) is 24.2. The average Bonchev–Trinajstić information content (AvgIpc) is 3.38. The van der Waals surface area contributed by atoms with Gasteiger partial charge in [0.1, 0.15) is 6.10 Å². The Morgan fingerprint density at radius 3 is 2.53 bits per heavy atom. The van der Waals surface area contributed by atoms with Crippen molar-refractivity contribution >= 4 is 23.3 Å². The summed E-state index contributed by atoms with van der Waals surface area (Å²) in [5.74, 6) is 1.29. The first-order chi connectivity index (χ1) is 17.6. The highest BCUT2D eigenvalue weighted by Crippen LogP contribution is 2.34. The summed E-state index contributed by atoms with van der Waals surface area (Å²) in [5.41, 5.74) is 1.75. The van der Waals surface area contributed by atoms with Crippen molar-refractivity contribution in [3.63, 3.8) is 0 Å². The van der Waals surface area contributed by atoms with Gasteiger partial charge in [0.25, 0.3) is 0 Å². The first-order valence-corrected chi connectivity index (χ1v) is 12.4. The Labute approximate surface area is 210 Å². The first-order valence-electron chi connectivity index (χ1n) is 12.4. The number of carbonyl (C=O) groups excluding carboxylic acids is 2. The second-order valence-electron chi connectivity index (χ2n) is 9.24. The number of anilines is 2. The molecule has 0 unspecified atom stereocenters. The van der Waals surface area contributed by atoms with Gasteiger partial charge in [0.15, 0.2) is 11.5 Å². The van der Waals surface area contributed by atoms with E-state index in [-0.39, 0.29) is 37.9 Å². The van der Waals surface area contributed by atoms with Crippen LogP contribution in [-0.4, -0.2) is 79.8 Å². The van der Waals surface area contributed by atoms with Crippen LogP contribution in [0.15, 0.2) is 48.5 Å². The molecule has 10 nitrogen and oxygen atoms in total. The lowest BCUT2D eigenvalue weighted by Gasteiger charge is -2.38. The fourth-order valence-electron chi connectivity index (χ4n) is 4.93. The standard InChI is InChI=1S/C26H32N4O6/c31-16-24-21(28-26(33)27-18-6-9-22-23(14-18)35-17-34-22)8-7-20(36-24)15-25(32)30-12-10-29(11-13-30)19-4-2-1-3-5-19/h1-6,9,14,20-21,24,31H,7-8,10-13,15-17H2,(H2,27,28,33)/t20-,21+,24-/m1/s1. The molecule has 0 aromatic heterocycles. The third-order valence-corrected chi connectivity index (χ3v) is 6.90. The number of piperazine rings is 1. The van der Waals surface area contributed by atoms with Crippen molar-refractivity contribution in [2.24, 2.45) is 0 Å². The average molecular weight is 497 g/mol. The van der Waals surface area contributed by atoms with E-state index < -0.39 is 12.1 Å². The minimum Gasteiger partial charge on any atom is -0.454 e. The second kappa shape index (κ2) is 11.0. The van der Waals surface area contributed by atoms with E-state index in [4.69, 9.17) is 14.2 Å². The summed E-state index contributed by atoms with van der Waals surface area (Å²) < 4.78 is 16.6. The number of para-hydroxylation sites is 1. The van der Waals surface area contributed by atoms with Crippen LogP contribution < -0.4 is 25.0 Å². The Kier molecular flexibility index (Phi) is 7.43. The largest absolute Gasteiger partial charge is 0.454 e. The number of hydrogen-bond donors (Lipinski definition) is 3. The summed E-state index contributed by atoms with van der Waals surface area (Å²) in [6, 6.07) is 14.6. The zero-order chi connectivity index (χ0) is 24.9. The van der Waals surface area contributed by atoms with Gasteiger partial charge in [-0.15, -0.1) is 0 Å². The Balaban J connectivity index is 1.07. The van der Waals surface area contributed by atoms with Crippen LogP contribution in [0.25, 0.3) is 0 Å². The van der Waals surface area contributed by atoms with Crippen LogP contribution in [-0.2, 0) is 9.53 Å². The van der Waals surface area contributed by atoms with Crippen LogP contribution in [0.2, 0.25) is 0 Å². The number of nitrogens with zero attached hydrogens (tertiary/aromatic N) is 2. The van der Waals surface area contributed by atoms with Crippen LogP contribution in [0.3, 0.4) is 0 Å². The van der Waals surface area contributed by atoms with Crippen LogP contribution in [0.5, 0.6) is 11.5 Å². The highest BCUT2D eigenvalue weighted by Gasteiger charge is 2.34. The summed E-state index contributed by atoms with van der Waals surface area (Å²) in [6.45, 7) is 2.86. The van der Waals surface area contributed by atoms with E-state index >= 15 is 0 Å². The Morgan fingerprint density at radius 1 is 0.972 bits per heavy atom. The van der Waals surface area contributed by atoms with E-state index in [2.05, 4.69) is 27.7 Å². The molecular weight excluding hydrogens is 464 g/mol. The van der Waals surface area contributed by atoms with Crippen LogP contribution in [0.1, 0.15) is 19.3 Å². The number of nitrogens with one attached hydrogen (secondary N) is 2. The molecule has 3 heterocycles. The quantitative estimate of drug-likeness (QED) is 0.562. The highest BCUT2D eigenvalue weighted by molar-refractivity contribution is 5.90. The number of benzene rings is 2. The van der Waals surface area contributed by atoms with Gasteiger partial charge in [0.2, 0.25) is 12.7 Å². The SMILES string of the molecule is O=C(Nc1ccc2c(c1)OCO2)N[C@H]1CC[C@H](CC(=O)N2CCN(c3ccccc3)CC2)O[C@@H]1CO. The van der Waals surface area contributed by atoms with Gasteiger partial charge >= 0.3 is 6.03 Å². The lowest BCUT2D eigenvalue weighted by Crippen LogP contribution is -2.53. The van der Waals surface area contributed by atoms with Crippen molar-refractivity contribution in [3.8, 4) is 11.5 Å². The molecule has 2 aromatic carbocycles. The molecule has 3 amide bonds. The summed E-state index contributed by atoms with van der Waals surface area (Å²) in [7, 11) is 0. The van der Waals surface area contributed by atoms with Crippen molar-refractivity contribution < 1.29 is 28.9 Å². The molecule has 0 radical (unpaired) electrons. The van der Waals surface area contributed by atoms with Crippen LogP contribution in [0.4, 0.5) is 16.2 Å². The predicted molar refractivity (Wildman–Crippen MR) is 133 cm³/mol. The minimum absolute atomic E-state index is 0.0661. The highest BCUT2D eigenvalue weighted by atomic mass is 16.7. The third kappa shape index (κ3) is 5.66. The molecule has 3 N–H and O–H groups in total. The molecule has 2 saturated heterocycles. The Bertz CT molecular complexity index is 1060. The van der Waals surface area contributed by atoms with E-state index in [0.717, 1.165) is 13.1 Å². The van der Waals surface area contributed by atoms with Gasteiger partial charge in [-0.3, -0.25) is 4.79 Å². The lowest BCUT2D eigenvalue weighted by atomic mass is 9.97. The maximum absolute atomic E-state index is 12.9. The molecule has 2 fully saturated rings. The fourth-order valence-corrected chi connectivity index (χ4v) is 4.93. The van der Waals surface area contributed by atoms with E-state index in [1.54, 1.807) is 18.2 Å². The smallest absolute Gasteiger partial charge is 0.319 e. The lowest BCUT2D eigenvalue weighted by molar-refractivity contribution is -0.140. The number of fused-ring (bicyclic) bond motifs is 1. The van der Waals surface area contributed by atoms with Crippen molar-refractivity contribution in [2.75, 3.05) is 49.8 Å². The molecule has 10 heteroatoms. The van der Waals surface area contributed by atoms with Gasteiger partial charge in [-0.25, -0.2) is 4.79 Å². The number of carbonyl (C=O) groups is 2. The predicted octanol–water partition coefficient (Wildman–Crippen LogP) is 2.18. The number of ether oxygens (including phenoxy) is 3. The van der Waals surface area contributed by atoms with Gasteiger partial charge in [-0.05, 0) is 37.1 Å². The van der Waals surface area contributed by atoms with Gasteiger partial charge in [0.05, 0.1) is 25.2 Å². The molecule has 192 valence electrons. The Morgan fingerprint density at radius 2 is 1.75 bits per heavy atom. The molecule has 3 atom stereocenters. The summed E-state index contributed by atoms with van der Waals surface area (Å²) >= 11 is 0. The summed E-state index contributed by atoms with van der Waals surface area (Å²) in [6.07, 6.45) is 0.657. The fraction of sp³-hybridized carbons (Fsp3) is 0.462. The topological polar surface area (TPSA) is 113 Å². The third-order valence-electron chi connectivity index (χ3n) is 6.90. The maximum Gasteiger partial charge on any atom is 0.319 e. The number of hydrogen-bond acceptors (Lipinski definition) is 7. The molecule has 0 bridgehead atoms. The maximum atomic E-state index is 12.9. The normalized spacial score (nSPS) is 23.3. The van der Waals surface area contributed by atoms with Crippen molar-refractivity contribution in [2.45, 2.75) is 37.5 Å². The van der Waals surface area contributed by atoms with Gasteiger partial charge in [-0.2, -0.15) is 0 Å². The Hall–Kier alpha value is -3.50. The number of aliphatic hydroxyl groups excluding tert-OH is 1. The van der Waals surface area contributed by atoms with Gasteiger partial charge in [0, 0.05) is 43.6 Å². The van der Waals surface area contributed by atoms with Crippen molar-refractivity contribution in [1.82, 2.24) is 10.2 Å². The van der Waals surface area contributed by atoms with Crippen LogP contribution >= 0.6 is 0 Å². The van der Waals surface area contributed by atoms with E-state index in [0.29, 0.717) is 43.1 Å². The zero-order valence-corrected chi connectivity index (χ0v) is 20.1. The van der Waals surface area contributed by atoms with Crippen molar-refractivity contribution in [3.05, 3.63) is 48.5 Å². The second-order valence-corrected chi connectivity index (χ2v) is 9.24. The molecule has 3 aliphatic heterocycles. The molecule has 0 spiro atoms. The van der Waals surface area contributed by atoms with E-state index in [1.807, 2.05) is 23.1 Å². The monoisotopic (exact) mass is 496 g/mol. The van der Waals surface area contributed by atoms with Gasteiger partial charge in [-0.1, -0.05) is 18.2 Å². The number of aliphatic hydroxyl groups is 1. The summed E-state index contributed by atoms with van der Waals surface area (Å²) in [4.78, 5) is 29.6. The number of rotatable bonds is 6. The molecule has 0 saturated carbocycles. The molecule has 5 rings (SSSR count). The van der Waals surface area contributed by atoms with E-state index in [9.17, 15) is 14.7 Å². The minimum atomic E-state index is -0.575. The number of urea groups is 1. The zero-order valence-electron chi connectivity index (χ0n) is 20.1. The summed E-state index contributed by atoms with van der Waals surface area (Å²) in [5, 5.41) is 15.5. The molecule has 2 aromatic rings. The molecule has 36 heavy (non-hydrogen) atoms. The molecule has 0 aliphatic carbocycles. The molecular formula is C26H32N4O6. The van der Waals surface area contributed by atoms with Gasteiger partial charge < -0.3 is 39.8 Å². The molecule has 3 aliphatic rings. The van der Waals surface area contributed by atoms with Crippen molar-refractivity contribution in [1.29, 1.82) is 0 Å². The van der Waals surface area contributed by atoms with Crippen LogP contribution in [0, 0.1) is 0 Å².